The summed E-state index contributed by atoms with van der Waals surface area (Å²) in [6.07, 6.45) is 16.4. The van der Waals surface area contributed by atoms with Crippen LogP contribution in [0.5, 0.6) is 46.0 Å². The maximum atomic E-state index is 14.3. The summed E-state index contributed by atoms with van der Waals surface area (Å²) < 4.78 is 50.0. The van der Waals surface area contributed by atoms with Crippen molar-refractivity contribution in [3.8, 4) is 46.0 Å². The molecule has 0 aromatic heterocycles. The lowest BCUT2D eigenvalue weighted by molar-refractivity contribution is 0.103. The third-order valence-corrected chi connectivity index (χ3v) is 25.5. The second-order valence-electron chi connectivity index (χ2n) is 24.2. The van der Waals surface area contributed by atoms with E-state index in [1.54, 1.807) is 0 Å². The molecule has 2 unspecified atom stereocenters. The highest BCUT2D eigenvalue weighted by Gasteiger charge is 2.58. The van der Waals surface area contributed by atoms with Crippen LogP contribution in [0.1, 0.15) is 199 Å². The quantitative estimate of drug-likeness (QED) is 0.0563. The highest BCUT2D eigenvalue weighted by molar-refractivity contribution is 7.96. The Balaban J connectivity index is 1.22. The van der Waals surface area contributed by atoms with Gasteiger partial charge in [-0.15, -0.1) is 0 Å². The number of hydrogen-bond donors (Lipinski definition) is 1. The predicted octanol–water partition coefficient (Wildman–Crippen LogP) is 17.1. The van der Waals surface area contributed by atoms with E-state index in [-0.39, 0.29) is 49.8 Å². The SMILES string of the molecule is CCCCCC1c2cc3c4cc2OCOc2cc5c(cc21)[C@@H](CCCCC)c1cc(c(O)c(P(c2ccccc2)c2ccccc2)c1OCO5)[C@H](CCCCC)c1cc(c(c2c1OC[P+]2(c1ccccc1)c1ccccc1)OCO4)C3CCCCC. The summed E-state index contributed by atoms with van der Waals surface area (Å²) in [5.74, 6) is 5.10. The van der Waals surface area contributed by atoms with Crippen LogP contribution in [0.2, 0.25) is 0 Å². The lowest BCUT2D eigenvalue weighted by Gasteiger charge is -2.35. The van der Waals surface area contributed by atoms with Gasteiger partial charge in [-0.2, -0.15) is 0 Å². The molecule has 444 valence electrons. The van der Waals surface area contributed by atoms with Crippen LogP contribution in [0, 0.1) is 0 Å². The summed E-state index contributed by atoms with van der Waals surface area (Å²) in [7, 11) is -4.07. The highest BCUT2D eigenvalue weighted by Crippen LogP contribution is 2.66. The predicted molar refractivity (Wildman–Crippen MR) is 353 cm³/mol. The fourth-order valence-electron chi connectivity index (χ4n) is 14.7. The maximum absolute atomic E-state index is 14.3. The fourth-order valence-corrected chi connectivity index (χ4v) is 21.2. The number of fused-ring (bicyclic) bond motifs is 5. The van der Waals surface area contributed by atoms with Crippen LogP contribution in [-0.2, 0) is 0 Å². The molecule has 1 aliphatic carbocycles. The number of benzene rings is 8. The molecule has 8 bridgehead atoms. The second kappa shape index (κ2) is 26.2. The molecule has 13 rings (SSSR count). The number of ether oxygens (including phenoxy) is 7. The van der Waals surface area contributed by atoms with E-state index in [0.717, 1.165) is 203 Å². The number of aromatic hydroxyl groups is 1. The van der Waals surface area contributed by atoms with Crippen LogP contribution < -0.4 is 65.0 Å². The standard InChI is InChI=1S/C76H82O8P2/c1-5-9-17-37-55-59-41-61-56(38-18-10-6-2)64-43-63-58(40-20-12-8-4)66-44-65-57(39-19-11-7-3)62-42-60(55)68(46-70(62)81-49-83-73(65)76-74(66)84-50-86(76,53-33-25-15-26-34-53)54-35-27-16-28-36-54)79-47-78-67(59)45-69(61)80-48-82-72(64)75(71(63)77)85(51-29-21-13-22-30-51)52-31-23-14-24-32-52/h13-16,21-36,41-46,55-58H,5-12,17-20,37-40,47-50H2,1-4H3/p+1/t55?,56-,57?,58+/m1/s1. The molecule has 0 radical (unpaired) electrons. The number of hydrogen-bond acceptors (Lipinski definition) is 8. The molecule has 86 heavy (non-hydrogen) atoms. The minimum Gasteiger partial charge on any atom is -0.507 e. The Morgan fingerprint density at radius 3 is 1.14 bits per heavy atom. The third kappa shape index (κ3) is 10.8. The van der Waals surface area contributed by atoms with E-state index in [1.807, 2.05) is 0 Å². The molecular formula is C76H83O8P2+. The smallest absolute Gasteiger partial charge is 0.231 e. The first-order valence-electron chi connectivity index (χ1n) is 32.2. The first kappa shape index (κ1) is 58.1. The Bertz CT molecular complexity index is 3570. The van der Waals surface area contributed by atoms with Crippen molar-refractivity contribution in [1.29, 1.82) is 0 Å². The molecule has 0 saturated heterocycles. The minimum absolute atomic E-state index is 0.00191. The van der Waals surface area contributed by atoms with Crippen molar-refractivity contribution in [2.24, 2.45) is 0 Å². The van der Waals surface area contributed by atoms with Crippen molar-refractivity contribution in [3.63, 3.8) is 0 Å². The summed E-state index contributed by atoms with van der Waals surface area (Å²) in [6, 6.07) is 57.9. The average molecular weight is 1190 g/mol. The lowest BCUT2D eigenvalue weighted by Crippen LogP contribution is -2.33. The molecule has 5 aliphatic rings. The fraction of sp³-hybridized carbons (Fsp3) is 0.368. The van der Waals surface area contributed by atoms with Gasteiger partial charge in [-0.1, -0.05) is 202 Å². The summed E-state index contributed by atoms with van der Waals surface area (Å²) in [6.45, 7) is 9.12. The molecule has 4 atom stereocenters. The van der Waals surface area contributed by atoms with Gasteiger partial charge in [-0.25, -0.2) is 0 Å². The number of rotatable bonds is 21. The van der Waals surface area contributed by atoms with Crippen LogP contribution in [0.3, 0.4) is 0 Å². The summed E-state index contributed by atoms with van der Waals surface area (Å²) in [5.41, 5.74) is 8.82. The normalized spacial score (nSPS) is 18.3. The monoisotopic (exact) mass is 1190 g/mol. The maximum Gasteiger partial charge on any atom is 0.231 e. The van der Waals surface area contributed by atoms with E-state index in [9.17, 15) is 5.11 Å². The molecule has 8 aromatic carbocycles. The molecular weight excluding hydrogens is 1100 g/mol. The molecule has 8 nitrogen and oxygen atoms in total. The van der Waals surface area contributed by atoms with E-state index in [4.69, 9.17) is 33.2 Å². The molecule has 1 N–H and O–H groups in total. The van der Waals surface area contributed by atoms with Crippen molar-refractivity contribution in [3.05, 3.63) is 202 Å². The zero-order valence-corrected chi connectivity index (χ0v) is 52.5. The van der Waals surface area contributed by atoms with E-state index < -0.39 is 15.2 Å². The van der Waals surface area contributed by atoms with Gasteiger partial charge in [-0.05, 0) is 92.7 Å². The van der Waals surface area contributed by atoms with E-state index in [0.29, 0.717) is 12.1 Å². The Morgan fingerprint density at radius 2 is 0.709 bits per heavy atom. The van der Waals surface area contributed by atoms with Gasteiger partial charge in [0.1, 0.15) is 45.1 Å². The Labute approximate surface area is 511 Å². The van der Waals surface area contributed by atoms with Gasteiger partial charge in [0.05, 0.1) is 5.30 Å². The van der Waals surface area contributed by atoms with Crippen LogP contribution in [0.25, 0.3) is 0 Å². The van der Waals surface area contributed by atoms with Gasteiger partial charge in [0.25, 0.3) is 0 Å². The van der Waals surface area contributed by atoms with E-state index >= 15 is 0 Å². The lowest BCUT2D eigenvalue weighted by atomic mass is 9.76. The number of phenolic OH excluding ortho intramolecular Hbond substituents is 1. The zero-order chi connectivity index (χ0) is 58.6. The summed E-state index contributed by atoms with van der Waals surface area (Å²) >= 11 is 0. The Hall–Kier alpha value is -6.98. The number of unbranched alkanes of at least 4 members (excludes halogenated alkanes) is 8. The molecule has 4 aliphatic heterocycles. The van der Waals surface area contributed by atoms with Crippen LogP contribution in [0.4, 0.5) is 0 Å². The van der Waals surface area contributed by atoms with Gasteiger partial charge in [0, 0.05) is 80.3 Å². The van der Waals surface area contributed by atoms with Gasteiger partial charge in [0.2, 0.25) is 26.7 Å². The molecule has 0 amide bonds. The average Bonchev–Trinajstić information content (AvgIpc) is 1.42. The highest BCUT2D eigenvalue weighted by atomic mass is 31.2. The molecule has 8 aromatic rings. The van der Waals surface area contributed by atoms with Gasteiger partial charge in [0.15, 0.2) is 24.1 Å². The van der Waals surface area contributed by atoms with Crippen molar-refractivity contribution >= 4 is 47.0 Å². The first-order chi connectivity index (χ1) is 42.4. The van der Waals surface area contributed by atoms with Gasteiger partial charge >= 0.3 is 0 Å². The largest absolute Gasteiger partial charge is 0.507 e. The molecule has 10 heteroatoms. The summed E-state index contributed by atoms with van der Waals surface area (Å²) in [5, 5.41) is 21.0. The van der Waals surface area contributed by atoms with Crippen molar-refractivity contribution < 1.29 is 38.3 Å². The van der Waals surface area contributed by atoms with Gasteiger partial charge in [-0.3, -0.25) is 0 Å². The molecule has 0 spiro atoms. The molecule has 0 saturated carbocycles. The van der Waals surface area contributed by atoms with Crippen LogP contribution in [0.15, 0.2) is 158 Å². The topological polar surface area (TPSA) is 84.8 Å². The zero-order valence-electron chi connectivity index (χ0n) is 50.7. The van der Waals surface area contributed by atoms with Crippen molar-refractivity contribution in [2.45, 2.75) is 154 Å². The summed E-state index contributed by atoms with van der Waals surface area (Å²) in [4.78, 5) is 0. The first-order valence-corrected chi connectivity index (χ1v) is 35.5. The van der Waals surface area contributed by atoms with Crippen molar-refractivity contribution in [2.75, 3.05) is 26.7 Å². The molecule has 4 heterocycles. The number of phenols is 1. The van der Waals surface area contributed by atoms with Crippen LogP contribution >= 0.6 is 15.2 Å². The molecule has 0 fully saturated rings. The van der Waals surface area contributed by atoms with Crippen molar-refractivity contribution in [1.82, 2.24) is 0 Å². The van der Waals surface area contributed by atoms with Crippen LogP contribution in [-0.4, -0.2) is 31.8 Å². The van der Waals surface area contributed by atoms with E-state index in [2.05, 4.69) is 185 Å². The van der Waals surface area contributed by atoms with Gasteiger partial charge < -0.3 is 38.3 Å². The third-order valence-electron chi connectivity index (χ3n) is 18.9. The minimum atomic E-state index is -2.65. The Morgan fingerprint density at radius 1 is 0.372 bits per heavy atom. The van der Waals surface area contributed by atoms with E-state index in [1.165, 1.54) is 10.6 Å². The Kier molecular flexibility index (Phi) is 17.7. The second-order valence-corrected chi connectivity index (χ2v) is 29.7.